The van der Waals surface area contributed by atoms with Gasteiger partial charge in [-0.05, 0) is 33.6 Å². The Morgan fingerprint density at radius 3 is 2.26 bits per heavy atom. The zero-order valence-electron chi connectivity index (χ0n) is 12.8. The lowest BCUT2D eigenvalue weighted by Gasteiger charge is -2.44. The normalized spacial score (nSPS) is 19.6. The number of likely N-dealkylation sites (tertiary alicyclic amines) is 1. The molecule has 0 spiro atoms. The fraction of sp³-hybridized carbons (Fsp3) is 0.857. The van der Waals surface area contributed by atoms with E-state index < -0.39 is 11.1 Å². The Bertz CT molecular complexity index is 375. The summed E-state index contributed by atoms with van der Waals surface area (Å²) in [6.07, 6.45) is -0.284. The lowest BCUT2D eigenvalue weighted by atomic mass is 9.88. The molecule has 0 aromatic heterocycles. The van der Waals surface area contributed by atoms with Crippen molar-refractivity contribution in [2.24, 2.45) is 5.92 Å². The SMILES string of the molecule is CC(C)[C@@](C)(C#N)NC1CN(C(=O)OC(C)(C)C)C1. The molecular weight excluding hydrogens is 242 g/mol. The maximum Gasteiger partial charge on any atom is 0.410 e. The van der Waals surface area contributed by atoms with Crippen LogP contribution in [0.15, 0.2) is 0 Å². The van der Waals surface area contributed by atoms with Crippen LogP contribution >= 0.6 is 0 Å². The number of carbonyl (C=O) groups is 1. The summed E-state index contributed by atoms with van der Waals surface area (Å²) in [7, 11) is 0. The second kappa shape index (κ2) is 5.38. The Morgan fingerprint density at radius 2 is 1.89 bits per heavy atom. The highest BCUT2D eigenvalue weighted by Gasteiger charge is 2.39. The molecule has 0 saturated carbocycles. The number of rotatable bonds is 3. The van der Waals surface area contributed by atoms with Crippen LogP contribution in [0.2, 0.25) is 0 Å². The van der Waals surface area contributed by atoms with Crippen molar-refractivity contribution in [3.05, 3.63) is 0 Å². The molecule has 0 bridgehead atoms. The summed E-state index contributed by atoms with van der Waals surface area (Å²) >= 11 is 0. The fourth-order valence-corrected chi connectivity index (χ4v) is 1.80. The van der Waals surface area contributed by atoms with Gasteiger partial charge in [-0.1, -0.05) is 13.8 Å². The first-order chi connectivity index (χ1) is 8.57. The lowest BCUT2D eigenvalue weighted by molar-refractivity contribution is 0.00229. The summed E-state index contributed by atoms with van der Waals surface area (Å²) in [4.78, 5) is 13.4. The molecule has 1 aliphatic heterocycles. The van der Waals surface area contributed by atoms with Crippen molar-refractivity contribution in [3.63, 3.8) is 0 Å². The van der Waals surface area contributed by atoms with Crippen LogP contribution in [0.5, 0.6) is 0 Å². The molecule has 1 fully saturated rings. The molecule has 1 atom stereocenters. The molecule has 108 valence electrons. The third-order valence-corrected chi connectivity index (χ3v) is 3.42. The summed E-state index contributed by atoms with van der Waals surface area (Å²) in [6.45, 7) is 12.7. The van der Waals surface area contributed by atoms with Gasteiger partial charge >= 0.3 is 6.09 Å². The second-order valence-electron chi connectivity index (χ2n) is 6.70. The first-order valence-electron chi connectivity index (χ1n) is 6.74. The van der Waals surface area contributed by atoms with E-state index in [0.29, 0.717) is 13.1 Å². The van der Waals surface area contributed by atoms with Gasteiger partial charge in [0.05, 0.1) is 6.07 Å². The number of hydrogen-bond acceptors (Lipinski definition) is 4. The summed E-state index contributed by atoms with van der Waals surface area (Å²) in [5.41, 5.74) is -1.01. The van der Waals surface area contributed by atoms with Crippen LogP contribution in [-0.4, -0.2) is 41.3 Å². The Morgan fingerprint density at radius 1 is 1.37 bits per heavy atom. The van der Waals surface area contributed by atoms with Gasteiger partial charge in [-0.3, -0.25) is 5.32 Å². The van der Waals surface area contributed by atoms with E-state index in [1.807, 2.05) is 41.5 Å². The molecule has 1 saturated heterocycles. The van der Waals surface area contributed by atoms with Gasteiger partial charge in [-0.2, -0.15) is 5.26 Å². The van der Waals surface area contributed by atoms with E-state index in [4.69, 9.17) is 4.74 Å². The van der Waals surface area contributed by atoms with Crippen molar-refractivity contribution in [2.75, 3.05) is 13.1 Å². The standard InChI is InChI=1S/C14H25N3O2/c1-10(2)14(6,9-15)16-11-7-17(8-11)12(18)19-13(3,4)5/h10-11,16H,7-8H2,1-6H3/t14-/m1/s1. The van der Waals surface area contributed by atoms with Crippen molar-refractivity contribution in [1.29, 1.82) is 5.26 Å². The van der Waals surface area contributed by atoms with Crippen molar-refractivity contribution in [3.8, 4) is 6.07 Å². The molecule has 1 N–H and O–H groups in total. The number of nitrogens with zero attached hydrogens (tertiary/aromatic N) is 2. The third kappa shape index (κ3) is 4.10. The Balaban J connectivity index is 2.43. The first kappa shape index (κ1) is 15.8. The highest BCUT2D eigenvalue weighted by atomic mass is 16.6. The zero-order chi connectivity index (χ0) is 14.8. The number of hydrogen-bond donors (Lipinski definition) is 1. The Kier molecular flexibility index (Phi) is 4.46. The topological polar surface area (TPSA) is 65.4 Å². The smallest absolute Gasteiger partial charge is 0.410 e. The van der Waals surface area contributed by atoms with E-state index in [1.165, 1.54) is 0 Å². The first-order valence-corrected chi connectivity index (χ1v) is 6.74. The van der Waals surface area contributed by atoms with Gasteiger partial charge in [0.25, 0.3) is 0 Å². The zero-order valence-corrected chi connectivity index (χ0v) is 12.8. The average molecular weight is 267 g/mol. The fourth-order valence-electron chi connectivity index (χ4n) is 1.80. The maximum absolute atomic E-state index is 11.8. The van der Waals surface area contributed by atoms with Gasteiger partial charge < -0.3 is 9.64 Å². The molecule has 1 amide bonds. The van der Waals surface area contributed by atoms with Gasteiger partial charge in [0, 0.05) is 19.1 Å². The van der Waals surface area contributed by atoms with Gasteiger partial charge in [-0.25, -0.2) is 4.79 Å². The summed E-state index contributed by atoms with van der Waals surface area (Å²) < 4.78 is 5.29. The highest BCUT2D eigenvalue weighted by Crippen LogP contribution is 2.21. The average Bonchev–Trinajstić information content (AvgIpc) is 2.19. The Labute approximate surface area is 115 Å². The van der Waals surface area contributed by atoms with Gasteiger partial charge in [0.1, 0.15) is 11.1 Å². The molecule has 0 aromatic rings. The lowest BCUT2D eigenvalue weighted by Crippen LogP contribution is -2.65. The monoisotopic (exact) mass is 267 g/mol. The Hall–Kier alpha value is -1.28. The van der Waals surface area contributed by atoms with E-state index in [-0.39, 0.29) is 18.1 Å². The van der Waals surface area contributed by atoms with E-state index >= 15 is 0 Å². The summed E-state index contributed by atoms with van der Waals surface area (Å²) in [6, 6.07) is 2.48. The predicted octanol–water partition coefficient (Wildman–Crippen LogP) is 2.13. The number of nitriles is 1. The van der Waals surface area contributed by atoms with Crippen molar-refractivity contribution < 1.29 is 9.53 Å². The van der Waals surface area contributed by atoms with Gasteiger partial charge in [0.15, 0.2) is 0 Å². The maximum atomic E-state index is 11.8. The largest absolute Gasteiger partial charge is 0.444 e. The molecule has 19 heavy (non-hydrogen) atoms. The molecule has 5 nitrogen and oxygen atoms in total. The van der Waals surface area contributed by atoms with Crippen LogP contribution in [0, 0.1) is 17.2 Å². The minimum absolute atomic E-state index is 0.166. The molecule has 1 heterocycles. The van der Waals surface area contributed by atoms with Crippen LogP contribution in [0.25, 0.3) is 0 Å². The molecule has 0 unspecified atom stereocenters. The molecule has 1 aliphatic rings. The molecule has 0 aliphatic carbocycles. The highest BCUT2D eigenvalue weighted by molar-refractivity contribution is 5.69. The number of ether oxygens (including phenoxy) is 1. The van der Waals surface area contributed by atoms with Gasteiger partial charge in [0.2, 0.25) is 0 Å². The number of nitrogens with one attached hydrogen (secondary N) is 1. The van der Waals surface area contributed by atoms with E-state index in [0.717, 1.165) is 0 Å². The molecular formula is C14H25N3O2. The van der Waals surface area contributed by atoms with E-state index in [2.05, 4.69) is 11.4 Å². The molecule has 5 heteroatoms. The van der Waals surface area contributed by atoms with Crippen molar-refractivity contribution in [2.45, 2.75) is 58.7 Å². The van der Waals surface area contributed by atoms with Crippen LogP contribution in [0.1, 0.15) is 41.5 Å². The number of amides is 1. The van der Waals surface area contributed by atoms with E-state index in [9.17, 15) is 10.1 Å². The van der Waals surface area contributed by atoms with Crippen LogP contribution in [0.3, 0.4) is 0 Å². The van der Waals surface area contributed by atoms with Crippen molar-refractivity contribution >= 4 is 6.09 Å². The summed E-state index contributed by atoms with van der Waals surface area (Å²) in [5, 5.41) is 12.6. The minimum Gasteiger partial charge on any atom is -0.444 e. The van der Waals surface area contributed by atoms with Crippen LogP contribution in [-0.2, 0) is 4.74 Å². The van der Waals surface area contributed by atoms with Crippen LogP contribution < -0.4 is 5.32 Å². The quantitative estimate of drug-likeness (QED) is 0.850. The molecule has 0 radical (unpaired) electrons. The van der Waals surface area contributed by atoms with Crippen molar-refractivity contribution in [1.82, 2.24) is 10.2 Å². The molecule has 0 aromatic carbocycles. The van der Waals surface area contributed by atoms with E-state index in [1.54, 1.807) is 4.90 Å². The van der Waals surface area contributed by atoms with Gasteiger partial charge in [-0.15, -0.1) is 0 Å². The second-order valence-corrected chi connectivity index (χ2v) is 6.70. The minimum atomic E-state index is -0.551. The number of carbonyl (C=O) groups excluding carboxylic acids is 1. The third-order valence-electron chi connectivity index (χ3n) is 3.42. The molecule has 1 rings (SSSR count). The summed E-state index contributed by atoms with van der Waals surface area (Å²) in [5.74, 6) is 0.216. The predicted molar refractivity (Wildman–Crippen MR) is 73.6 cm³/mol. The van der Waals surface area contributed by atoms with Crippen LogP contribution in [0.4, 0.5) is 4.79 Å².